The van der Waals surface area contributed by atoms with E-state index in [1.165, 1.54) is 12.4 Å². The molecular formula is C22H20FN5OS. The molecule has 1 amide bonds. The van der Waals surface area contributed by atoms with Gasteiger partial charge in [0.25, 0.3) is 0 Å². The normalized spacial score (nSPS) is 15.8. The molecule has 0 spiro atoms. The minimum absolute atomic E-state index is 0.0523. The highest BCUT2D eigenvalue weighted by Gasteiger charge is 2.29. The van der Waals surface area contributed by atoms with Gasteiger partial charge in [0.15, 0.2) is 0 Å². The topological polar surface area (TPSA) is 84.1 Å². The van der Waals surface area contributed by atoms with Crippen molar-refractivity contribution in [3.63, 3.8) is 0 Å². The fourth-order valence-corrected chi connectivity index (χ4v) is 5.19. The van der Waals surface area contributed by atoms with Gasteiger partial charge in [-0.15, -0.1) is 11.3 Å². The van der Waals surface area contributed by atoms with Crippen LogP contribution in [0, 0.1) is 5.82 Å². The molecule has 5 rings (SSSR count). The highest BCUT2D eigenvalue weighted by atomic mass is 32.1. The summed E-state index contributed by atoms with van der Waals surface area (Å²) in [5.74, 6) is 0.259. The van der Waals surface area contributed by atoms with Crippen molar-refractivity contribution in [2.45, 2.75) is 12.5 Å². The Kier molecular flexibility index (Phi) is 4.80. The number of nitrogen functional groups attached to an aromatic ring is 1. The molecule has 0 bridgehead atoms. The third-order valence-electron chi connectivity index (χ3n) is 5.52. The van der Waals surface area contributed by atoms with E-state index >= 15 is 0 Å². The molecule has 152 valence electrons. The number of halogens is 1. The zero-order valence-corrected chi connectivity index (χ0v) is 17.0. The first kappa shape index (κ1) is 18.9. The second-order valence-corrected chi connectivity index (χ2v) is 8.51. The van der Waals surface area contributed by atoms with E-state index in [0.717, 1.165) is 32.6 Å². The van der Waals surface area contributed by atoms with Gasteiger partial charge in [0.05, 0.1) is 18.1 Å². The Morgan fingerprint density at radius 1 is 1.20 bits per heavy atom. The zero-order chi connectivity index (χ0) is 20.7. The molecule has 1 saturated heterocycles. The van der Waals surface area contributed by atoms with E-state index in [0.29, 0.717) is 30.7 Å². The van der Waals surface area contributed by atoms with Gasteiger partial charge >= 0.3 is 0 Å². The molecule has 1 aliphatic rings. The number of piperazine rings is 1. The summed E-state index contributed by atoms with van der Waals surface area (Å²) < 4.78 is 15.2. The fourth-order valence-electron chi connectivity index (χ4n) is 4.00. The van der Waals surface area contributed by atoms with Crippen molar-refractivity contribution in [2.75, 3.05) is 25.4 Å². The van der Waals surface area contributed by atoms with Crippen molar-refractivity contribution < 1.29 is 9.18 Å². The number of aromatic nitrogens is 2. The Hall–Kier alpha value is -3.10. The Morgan fingerprint density at radius 2 is 2.10 bits per heavy atom. The minimum Gasteiger partial charge on any atom is -0.383 e. The predicted molar refractivity (Wildman–Crippen MR) is 117 cm³/mol. The van der Waals surface area contributed by atoms with Crippen LogP contribution >= 0.6 is 11.3 Å². The largest absolute Gasteiger partial charge is 0.383 e. The molecule has 1 unspecified atom stereocenters. The van der Waals surface area contributed by atoms with Crippen molar-refractivity contribution in [3.05, 3.63) is 65.0 Å². The predicted octanol–water partition coefficient (Wildman–Crippen LogP) is 3.28. The van der Waals surface area contributed by atoms with Crippen LogP contribution in [0.25, 0.3) is 21.0 Å². The second-order valence-electron chi connectivity index (χ2n) is 7.39. The average molecular weight is 422 g/mol. The molecular weight excluding hydrogens is 401 g/mol. The first-order valence-electron chi connectivity index (χ1n) is 9.77. The van der Waals surface area contributed by atoms with Gasteiger partial charge in [-0.25, -0.2) is 14.4 Å². The lowest BCUT2D eigenvalue weighted by molar-refractivity contribution is -0.134. The number of carbonyl (C=O) groups is 1. The van der Waals surface area contributed by atoms with Gasteiger partial charge in [-0.3, -0.25) is 4.79 Å². The number of thiophene rings is 1. The van der Waals surface area contributed by atoms with Crippen molar-refractivity contribution in [1.82, 2.24) is 20.2 Å². The number of amides is 1. The molecule has 8 heteroatoms. The standard InChI is InChI=1S/C22H20FN5OS/c23-16-2-1-3-19-15(16)10-20(30-19)18(28-7-6-25-11-21(28)29)9-13-4-5-14-17(8-13)26-12-27-22(14)24/h1-5,8,10,12,18,25H,6-7,9,11H2,(H2,24,26,27). The first-order chi connectivity index (χ1) is 14.6. The number of rotatable bonds is 4. The van der Waals surface area contributed by atoms with Crippen LogP contribution in [0.1, 0.15) is 16.5 Å². The molecule has 1 aliphatic heterocycles. The lowest BCUT2D eigenvalue weighted by atomic mass is 10.0. The minimum atomic E-state index is -0.238. The molecule has 0 saturated carbocycles. The van der Waals surface area contributed by atoms with Gasteiger partial charge in [0.1, 0.15) is 18.0 Å². The van der Waals surface area contributed by atoms with E-state index in [1.54, 1.807) is 17.4 Å². The van der Waals surface area contributed by atoms with Crippen molar-refractivity contribution in [3.8, 4) is 0 Å². The van der Waals surface area contributed by atoms with E-state index in [-0.39, 0.29) is 17.8 Å². The van der Waals surface area contributed by atoms with Gasteiger partial charge in [-0.1, -0.05) is 12.1 Å². The highest BCUT2D eigenvalue weighted by molar-refractivity contribution is 7.19. The number of hydrogen-bond donors (Lipinski definition) is 2. The molecule has 0 radical (unpaired) electrons. The van der Waals surface area contributed by atoms with Crippen LogP contribution in [0.2, 0.25) is 0 Å². The number of carbonyl (C=O) groups excluding carboxylic acids is 1. The summed E-state index contributed by atoms with van der Waals surface area (Å²) in [5, 5.41) is 4.53. The summed E-state index contributed by atoms with van der Waals surface area (Å²) >= 11 is 1.54. The molecule has 1 fully saturated rings. The van der Waals surface area contributed by atoms with E-state index in [9.17, 15) is 9.18 Å². The summed E-state index contributed by atoms with van der Waals surface area (Å²) in [6.07, 6.45) is 2.06. The molecule has 4 aromatic rings. The summed E-state index contributed by atoms with van der Waals surface area (Å²) in [6.45, 7) is 1.67. The molecule has 2 aromatic heterocycles. The van der Waals surface area contributed by atoms with Crippen LogP contribution in [0.3, 0.4) is 0 Å². The average Bonchev–Trinajstić information content (AvgIpc) is 3.18. The van der Waals surface area contributed by atoms with Crippen molar-refractivity contribution >= 4 is 44.1 Å². The Morgan fingerprint density at radius 3 is 2.93 bits per heavy atom. The Labute approximate surface area is 176 Å². The highest BCUT2D eigenvalue weighted by Crippen LogP contribution is 2.36. The van der Waals surface area contributed by atoms with E-state index in [4.69, 9.17) is 5.73 Å². The maximum atomic E-state index is 14.3. The SMILES string of the molecule is Nc1ncnc2cc(CC(c3cc4c(F)cccc4s3)N3CCNCC3=O)ccc12. The van der Waals surface area contributed by atoms with Crippen molar-refractivity contribution in [2.24, 2.45) is 0 Å². The van der Waals surface area contributed by atoms with Gasteiger partial charge in [0.2, 0.25) is 5.91 Å². The van der Waals surface area contributed by atoms with E-state index in [1.807, 2.05) is 35.2 Å². The summed E-state index contributed by atoms with van der Waals surface area (Å²) in [7, 11) is 0. The smallest absolute Gasteiger partial charge is 0.237 e. The molecule has 3 N–H and O–H groups in total. The van der Waals surface area contributed by atoms with Crippen LogP contribution in [-0.2, 0) is 11.2 Å². The number of hydrogen-bond acceptors (Lipinski definition) is 6. The molecule has 3 heterocycles. The molecule has 6 nitrogen and oxygen atoms in total. The van der Waals surface area contributed by atoms with Gasteiger partial charge in [-0.05, 0) is 42.3 Å². The van der Waals surface area contributed by atoms with Gasteiger partial charge in [-0.2, -0.15) is 0 Å². The van der Waals surface area contributed by atoms with Crippen LogP contribution in [0.5, 0.6) is 0 Å². The third kappa shape index (κ3) is 3.38. The lowest BCUT2D eigenvalue weighted by Gasteiger charge is -2.34. The number of nitrogens with one attached hydrogen (secondary N) is 1. The number of benzene rings is 2. The molecule has 1 atom stereocenters. The second kappa shape index (κ2) is 7.62. The Balaban J connectivity index is 1.57. The van der Waals surface area contributed by atoms with E-state index < -0.39 is 0 Å². The summed E-state index contributed by atoms with van der Waals surface area (Å²) in [4.78, 5) is 23.9. The van der Waals surface area contributed by atoms with Crippen LogP contribution in [0.15, 0.2) is 48.8 Å². The quantitative estimate of drug-likeness (QED) is 0.528. The Bertz CT molecular complexity index is 1260. The number of nitrogens with two attached hydrogens (primary N) is 1. The first-order valence-corrected chi connectivity index (χ1v) is 10.6. The van der Waals surface area contributed by atoms with Gasteiger partial charge < -0.3 is 16.0 Å². The molecule has 2 aromatic carbocycles. The maximum absolute atomic E-state index is 14.3. The fraction of sp³-hybridized carbons (Fsp3) is 0.227. The van der Waals surface area contributed by atoms with Crippen molar-refractivity contribution in [1.29, 1.82) is 0 Å². The zero-order valence-electron chi connectivity index (χ0n) is 16.1. The lowest BCUT2D eigenvalue weighted by Crippen LogP contribution is -2.49. The molecule has 30 heavy (non-hydrogen) atoms. The third-order valence-corrected chi connectivity index (χ3v) is 6.72. The number of anilines is 1. The summed E-state index contributed by atoms with van der Waals surface area (Å²) in [6, 6.07) is 12.7. The van der Waals surface area contributed by atoms with Crippen LogP contribution in [-0.4, -0.2) is 40.4 Å². The maximum Gasteiger partial charge on any atom is 0.237 e. The van der Waals surface area contributed by atoms with Crippen LogP contribution in [0.4, 0.5) is 10.2 Å². The van der Waals surface area contributed by atoms with E-state index in [2.05, 4.69) is 15.3 Å². The molecule has 0 aliphatic carbocycles. The number of nitrogens with zero attached hydrogens (tertiary/aromatic N) is 3. The summed E-state index contributed by atoms with van der Waals surface area (Å²) in [5.41, 5.74) is 7.75. The van der Waals surface area contributed by atoms with Crippen LogP contribution < -0.4 is 11.1 Å². The monoisotopic (exact) mass is 421 g/mol. The number of fused-ring (bicyclic) bond motifs is 2. The van der Waals surface area contributed by atoms with Gasteiger partial charge in [0, 0.05) is 33.4 Å².